The minimum atomic E-state index is -4.78. The van der Waals surface area contributed by atoms with Crippen LogP contribution >= 0.6 is 0 Å². The number of nitrogens with one attached hydrogen (secondary N) is 1. The maximum atomic E-state index is 12.6. The van der Waals surface area contributed by atoms with Gasteiger partial charge in [0.1, 0.15) is 0 Å². The summed E-state index contributed by atoms with van der Waals surface area (Å²) in [5.74, 6) is 2.39. The van der Waals surface area contributed by atoms with Gasteiger partial charge in [-0.15, -0.1) is 0 Å². The van der Waals surface area contributed by atoms with Crippen molar-refractivity contribution in [1.82, 2.24) is 5.43 Å². The van der Waals surface area contributed by atoms with Crippen LogP contribution in [0.1, 0.15) is 26.3 Å². The molecule has 0 aromatic heterocycles. The van der Waals surface area contributed by atoms with Crippen molar-refractivity contribution < 1.29 is 22.8 Å². The predicted octanol–water partition coefficient (Wildman–Crippen LogP) is 0.408. The van der Waals surface area contributed by atoms with Gasteiger partial charge < -0.3 is 5.73 Å². The molecule has 1 rings (SSSR count). The molecule has 0 unspecified atom stereocenters. The van der Waals surface area contributed by atoms with Crippen LogP contribution in [0, 0.1) is 0 Å². The lowest BCUT2D eigenvalue weighted by molar-refractivity contribution is -0.137. The van der Waals surface area contributed by atoms with Gasteiger partial charge in [0.05, 0.1) is 16.7 Å². The summed E-state index contributed by atoms with van der Waals surface area (Å²) in [6, 6.07) is 2.66. The van der Waals surface area contributed by atoms with Gasteiger partial charge in [0, 0.05) is 0 Å². The zero-order chi connectivity index (χ0) is 13.2. The summed E-state index contributed by atoms with van der Waals surface area (Å²) in [5.41, 5.74) is 3.75. The Balaban J connectivity index is 3.57. The molecular weight excluding hydrogens is 239 g/mol. The lowest BCUT2D eigenvalue weighted by Crippen LogP contribution is -2.34. The van der Waals surface area contributed by atoms with Gasteiger partial charge in [-0.25, -0.2) is 5.84 Å². The molecule has 0 saturated carbocycles. The number of carbonyl (C=O) groups is 2. The molecule has 92 valence electrons. The fourth-order valence-corrected chi connectivity index (χ4v) is 1.31. The highest BCUT2D eigenvalue weighted by Gasteiger charge is 2.37. The molecule has 0 radical (unpaired) electrons. The Kier molecular flexibility index (Phi) is 3.37. The molecule has 0 bridgehead atoms. The number of alkyl halides is 3. The molecule has 5 N–H and O–H groups in total. The van der Waals surface area contributed by atoms with Crippen molar-refractivity contribution in [3.8, 4) is 0 Å². The molecular formula is C9H8F3N3O2. The van der Waals surface area contributed by atoms with E-state index in [1.165, 1.54) is 0 Å². The summed E-state index contributed by atoms with van der Waals surface area (Å²) in [4.78, 5) is 22.2. The summed E-state index contributed by atoms with van der Waals surface area (Å²) in [6.45, 7) is 0. The van der Waals surface area contributed by atoms with Crippen molar-refractivity contribution in [3.05, 3.63) is 34.9 Å². The van der Waals surface area contributed by atoms with Crippen LogP contribution in [0.4, 0.5) is 13.2 Å². The van der Waals surface area contributed by atoms with E-state index in [-0.39, 0.29) is 0 Å². The molecule has 0 saturated heterocycles. The number of rotatable bonds is 2. The normalized spacial score (nSPS) is 11.1. The number of halogens is 3. The Morgan fingerprint density at radius 3 is 2.24 bits per heavy atom. The molecule has 0 aliphatic heterocycles. The number of carbonyl (C=O) groups excluding carboxylic acids is 2. The molecule has 8 heteroatoms. The smallest absolute Gasteiger partial charge is 0.366 e. The SMILES string of the molecule is NNC(=O)c1c(C(N)=O)cccc1C(F)(F)F. The van der Waals surface area contributed by atoms with Gasteiger partial charge in [0.25, 0.3) is 5.91 Å². The average molecular weight is 247 g/mol. The summed E-state index contributed by atoms with van der Waals surface area (Å²) in [6.07, 6.45) is -4.78. The first-order chi connectivity index (χ1) is 7.79. The first-order valence-electron chi connectivity index (χ1n) is 4.30. The van der Waals surface area contributed by atoms with Crippen molar-refractivity contribution in [3.63, 3.8) is 0 Å². The van der Waals surface area contributed by atoms with E-state index in [9.17, 15) is 22.8 Å². The molecule has 5 nitrogen and oxygen atoms in total. The van der Waals surface area contributed by atoms with E-state index in [0.717, 1.165) is 12.1 Å². The van der Waals surface area contributed by atoms with Crippen LogP contribution in [0.15, 0.2) is 18.2 Å². The van der Waals surface area contributed by atoms with Crippen LogP contribution in [0.2, 0.25) is 0 Å². The first kappa shape index (κ1) is 13.0. The molecule has 1 aromatic rings. The molecule has 0 heterocycles. The van der Waals surface area contributed by atoms with E-state index in [4.69, 9.17) is 11.6 Å². The molecule has 0 fully saturated rings. The average Bonchev–Trinajstić information content (AvgIpc) is 2.25. The van der Waals surface area contributed by atoms with Gasteiger partial charge in [0.15, 0.2) is 0 Å². The largest absolute Gasteiger partial charge is 0.417 e. The molecule has 2 amide bonds. The highest BCUT2D eigenvalue weighted by Crippen LogP contribution is 2.33. The highest BCUT2D eigenvalue weighted by molar-refractivity contribution is 6.07. The third-order valence-electron chi connectivity index (χ3n) is 1.99. The van der Waals surface area contributed by atoms with E-state index in [2.05, 4.69) is 0 Å². The summed E-state index contributed by atoms with van der Waals surface area (Å²) in [5, 5.41) is 0. The number of benzene rings is 1. The number of hydrogen-bond acceptors (Lipinski definition) is 3. The number of nitrogens with two attached hydrogens (primary N) is 2. The van der Waals surface area contributed by atoms with Crippen LogP contribution in [0.5, 0.6) is 0 Å². The molecule has 0 atom stereocenters. The standard InChI is InChI=1S/C9H8F3N3O2/c10-9(11,12)5-3-1-2-4(7(13)16)6(5)8(17)15-14/h1-3H,14H2,(H2,13,16)(H,15,17). The zero-order valence-electron chi connectivity index (χ0n) is 8.34. The summed E-state index contributed by atoms with van der Waals surface area (Å²) in [7, 11) is 0. The fourth-order valence-electron chi connectivity index (χ4n) is 1.31. The quantitative estimate of drug-likeness (QED) is 0.401. The van der Waals surface area contributed by atoms with Crippen molar-refractivity contribution in [2.75, 3.05) is 0 Å². The molecule has 1 aromatic carbocycles. The van der Waals surface area contributed by atoms with Gasteiger partial charge in [-0.3, -0.25) is 15.0 Å². The van der Waals surface area contributed by atoms with Gasteiger partial charge >= 0.3 is 6.18 Å². The highest BCUT2D eigenvalue weighted by atomic mass is 19.4. The minimum absolute atomic E-state index is 0.539. The zero-order valence-corrected chi connectivity index (χ0v) is 8.34. The van der Waals surface area contributed by atoms with Crippen molar-refractivity contribution in [2.24, 2.45) is 11.6 Å². The second-order valence-electron chi connectivity index (χ2n) is 3.06. The lowest BCUT2D eigenvalue weighted by atomic mass is 9.99. The number of nitrogen functional groups attached to an aromatic ring is 1. The molecule has 0 spiro atoms. The molecule has 0 aliphatic carbocycles. The van der Waals surface area contributed by atoms with Crippen molar-refractivity contribution >= 4 is 11.8 Å². The van der Waals surface area contributed by atoms with Gasteiger partial charge in [-0.1, -0.05) is 6.07 Å². The lowest BCUT2D eigenvalue weighted by Gasteiger charge is -2.13. The van der Waals surface area contributed by atoms with Crippen LogP contribution in [-0.2, 0) is 6.18 Å². The number of amides is 2. The third kappa shape index (κ3) is 2.53. The second-order valence-corrected chi connectivity index (χ2v) is 3.06. The van der Waals surface area contributed by atoms with Crippen molar-refractivity contribution in [1.29, 1.82) is 0 Å². The van der Waals surface area contributed by atoms with E-state index < -0.39 is 34.7 Å². The fraction of sp³-hybridized carbons (Fsp3) is 0.111. The number of primary amides is 1. The Hall–Kier alpha value is -2.09. The van der Waals surface area contributed by atoms with Crippen LogP contribution < -0.4 is 17.0 Å². The van der Waals surface area contributed by atoms with Crippen molar-refractivity contribution in [2.45, 2.75) is 6.18 Å². The minimum Gasteiger partial charge on any atom is -0.366 e. The van der Waals surface area contributed by atoms with Gasteiger partial charge in [-0.2, -0.15) is 13.2 Å². The van der Waals surface area contributed by atoms with Crippen LogP contribution in [0.3, 0.4) is 0 Å². The Morgan fingerprint density at radius 2 is 1.82 bits per heavy atom. The maximum Gasteiger partial charge on any atom is 0.417 e. The number of hydrogen-bond donors (Lipinski definition) is 3. The Morgan fingerprint density at radius 1 is 1.24 bits per heavy atom. The Labute approximate surface area is 93.5 Å². The number of hydrazine groups is 1. The first-order valence-corrected chi connectivity index (χ1v) is 4.30. The van der Waals surface area contributed by atoms with Gasteiger partial charge in [-0.05, 0) is 12.1 Å². The topological polar surface area (TPSA) is 98.2 Å². The van der Waals surface area contributed by atoms with Crippen LogP contribution in [-0.4, -0.2) is 11.8 Å². The van der Waals surface area contributed by atoms with E-state index >= 15 is 0 Å². The van der Waals surface area contributed by atoms with E-state index in [1.807, 2.05) is 0 Å². The maximum absolute atomic E-state index is 12.6. The van der Waals surface area contributed by atoms with E-state index in [0.29, 0.717) is 6.07 Å². The molecule has 17 heavy (non-hydrogen) atoms. The predicted molar refractivity (Wildman–Crippen MR) is 51.6 cm³/mol. The monoisotopic (exact) mass is 247 g/mol. The Bertz CT molecular complexity index is 471. The second kappa shape index (κ2) is 4.42. The van der Waals surface area contributed by atoms with Crippen LogP contribution in [0.25, 0.3) is 0 Å². The summed E-state index contributed by atoms with van der Waals surface area (Å²) >= 11 is 0. The summed E-state index contributed by atoms with van der Waals surface area (Å²) < 4.78 is 37.8. The molecule has 0 aliphatic rings. The third-order valence-corrected chi connectivity index (χ3v) is 1.99. The van der Waals surface area contributed by atoms with E-state index in [1.54, 1.807) is 5.43 Å². The van der Waals surface area contributed by atoms with Gasteiger partial charge in [0.2, 0.25) is 5.91 Å².